The Morgan fingerprint density at radius 3 is 2.69 bits per heavy atom. The highest BCUT2D eigenvalue weighted by Gasteiger charge is 2.56. The molecular formula is C9H15NO2S. The normalized spacial score (nSPS) is 32.8. The summed E-state index contributed by atoms with van der Waals surface area (Å²) in [5, 5.41) is 8.89. The molecule has 1 aliphatic heterocycles. The molecule has 0 aromatic carbocycles. The Morgan fingerprint density at radius 1 is 1.62 bits per heavy atom. The van der Waals surface area contributed by atoms with Crippen LogP contribution in [0.4, 0.5) is 0 Å². The summed E-state index contributed by atoms with van der Waals surface area (Å²) < 4.78 is 0. The third kappa shape index (κ3) is 1.46. The average Bonchev–Trinajstić information content (AvgIpc) is 2.72. The van der Waals surface area contributed by atoms with Gasteiger partial charge < -0.3 is 10.8 Å². The molecule has 0 aromatic heterocycles. The van der Waals surface area contributed by atoms with E-state index in [1.807, 2.05) is 11.8 Å². The van der Waals surface area contributed by atoms with Gasteiger partial charge in [-0.05, 0) is 42.1 Å². The number of rotatable bonds is 3. The highest BCUT2D eigenvalue weighted by Crippen LogP contribution is 2.57. The first-order valence-electron chi connectivity index (χ1n) is 4.73. The zero-order valence-corrected chi connectivity index (χ0v) is 8.35. The minimum absolute atomic E-state index is 0.0324. The summed E-state index contributed by atoms with van der Waals surface area (Å²) in [5.74, 6) is 2.03. The van der Waals surface area contributed by atoms with Crippen molar-refractivity contribution in [3.8, 4) is 0 Å². The molecule has 0 spiro atoms. The van der Waals surface area contributed by atoms with E-state index in [-0.39, 0.29) is 5.41 Å². The second-order valence-electron chi connectivity index (χ2n) is 4.11. The van der Waals surface area contributed by atoms with Crippen molar-refractivity contribution in [2.75, 3.05) is 11.5 Å². The van der Waals surface area contributed by atoms with Gasteiger partial charge in [-0.15, -0.1) is 0 Å². The topological polar surface area (TPSA) is 63.3 Å². The van der Waals surface area contributed by atoms with Crippen molar-refractivity contribution >= 4 is 17.7 Å². The second kappa shape index (κ2) is 3.17. The van der Waals surface area contributed by atoms with Crippen LogP contribution in [-0.2, 0) is 4.79 Å². The van der Waals surface area contributed by atoms with Gasteiger partial charge in [-0.3, -0.25) is 4.79 Å². The van der Waals surface area contributed by atoms with Crippen LogP contribution in [0.2, 0.25) is 0 Å². The Hall–Kier alpha value is -0.220. The van der Waals surface area contributed by atoms with Crippen LogP contribution < -0.4 is 5.73 Å². The molecule has 2 atom stereocenters. The van der Waals surface area contributed by atoms with E-state index in [1.54, 1.807) is 0 Å². The quantitative estimate of drug-likeness (QED) is 0.713. The van der Waals surface area contributed by atoms with E-state index in [9.17, 15) is 4.79 Å². The van der Waals surface area contributed by atoms with E-state index in [0.29, 0.717) is 5.92 Å². The molecule has 74 valence electrons. The van der Waals surface area contributed by atoms with Crippen LogP contribution >= 0.6 is 11.8 Å². The fraction of sp³-hybridized carbons (Fsp3) is 0.889. The predicted octanol–water partition coefficient (Wildman–Crippen LogP) is 0.932. The number of nitrogens with two attached hydrogens (primary N) is 1. The fourth-order valence-electron chi connectivity index (χ4n) is 2.35. The molecule has 4 heteroatoms. The van der Waals surface area contributed by atoms with Crippen molar-refractivity contribution in [2.24, 2.45) is 17.1 Å². The molecule has 1 saturated carbocycles. The molecule has 0 amide bonds. The van der Waals surface area contributed by atoms with Crippen LogP contribution in [0.25, 0.3) is 0 Å². The van der Waals surface area contributed by atoms with Gasteiger partial charge in [0.25, 0.3) is 0 Å². The lowest BCUT2D eigenvalue weighted by molar-refractivity contribution is -0.140. The molecule has 0 aromatic rings. The van der Waals surface area contributed by atoms with Crippen LogP contribution in [0.15, 0.2) is 0 Å². The van der Waals surface area contributed by atoms with Crippen molar-refractivity contribution in [1.29, 1.82) is 0 Å². The summed E-state index contributed by atoms with van der Waals surface area (Å²) in [6, 6.07) is -0.629. The van der Waals surface area contributed by atoms with E-state index < -0.39 is 12.0 Å². The Kier molecular flexibility index (Phi) is 2.28. The van der Waals surface area contributed by atoms with Gasteiger partial charge in [-0.1, -0.05) is 0 Å². The first kappa shape index (κ1) is 9.34. The van der Waals surface area contributed by atoms with E-state index in [1.165, 1.54) is 5.75 Å². The maximum absolute atomic E-state index is 10.8. The molecule has 13 heavy (non-hydrogen) atoms. The summed E-state index contributed by atoms with van der Waals surface area (Å²) in [4.78, 5) is 10.8. The van der Waals surface area contributed by atoms with Crippen LogP contribution in [0, 0.1) is 11.3 Å². The Bertz CT molecular complexity index is 222. The number of thioether (sulfide) groups is 1. The maximum Gasteiger partial charge on any atom is 0.321 e. The molecule has 1 heterocycles. The van der Waals surface area contributed by atoms with Crippen molar-refractivity contribution in [3.63, 3.8) is 0 Å². The van der Waals surface area contributed by atoms with Crippen LogP contribution in [-0.4, -0.2) is 28.6 Å². The average molecular weight is 201 g/mol. The van der Waals surface area contributed by atoms with Gasteiger partial charge in [-0.25, -0.2) is 0 Å². The number of hydrogen-bond donors (Lipinski definition) is 2. The van der Waals surface area contributed by atoms with Crippen LogP contribution in [0.3, 0.4) is 0 Å². The van der Waals surface area contributed by atoms with Gasteiger partial charge in [0.15, 0.2) is 0 Å². The minimum atomic E-state index is -0.825. The van der Waals surface area contributed by atoms with Crippen molar-refractivity contribution < 1.29 is 9.90 Å². The molecule has 2 fully saturated rings. The number of aliphatic carboxylic acids is 1. The number of carboxylic acids is 1. The minimum Gasteiger partial charge on any atom is -0.480 e. The molecular weight excluding hydrogens is 186 g/mol. The maximum atomic E-state index is 10.8. The van der Waals surface area contributed by atoms with Gasteiger partial charge in [-0.2, -0.15) is 11.8 Å². The van der Waals surface area contributed by atoms with E-state index in [2.05, 4.69) is 0 Å². The lowest BCUT2D eigenvalue weighted by Gasteiger charge is -2.25. The number of carbonyl (C=O) groups is 1. The Morgan fingerprint density at radius 2 is 2.31 bits per heavy atom. The zero-order valence-electron chi connectivity index (χ0n) is 7.53. The van der Waals surface area contributed by atoms with Crippen molar-refractivity contribution in [3.05, 3.63) is 0 Å². The van der Waals surface area contributed by atoms with E-state index >= 15 is 0 Å². The van der Waals surface area contributed by atoms with E-state index in [4.69, 9.17) is 10.8 Å². The predicted molar refractivity (Wildman–Crippen MR) is 52.7 cm³/mol. The molecule has 2 unspecified atom stereocenters. The third-order valence-corrected chi connectivity index (χ3v) is 4.62. The summed E-state index contributed by atoms with van der Waals surface area (Å²) in [5.41, 5.74) is 5.70. The molecule has 2 rings (SSSR count). The highest BCUT2D eigenvalue weighted by molar-refractivity contribution is 7.99. The molecule has 2 aliphatic rings. The van der Waals surface area contributed by atoms with Crippen LogP contribution in [0.1, 0.15) is 19.3 Å². The summed E-state index contributed by atoms with van der Waals surface area (Å²) in [7, 11) is 0. The van der Waals surface area contributed by atoms with Gasteiger partial charge in [0.05, 0.1) is 0 Å². The lowest BCUT2D eigenvalue weighted by Crippen LogP contribution is -2.43. The number of carboxylic acid groups (broad SMARTS) is 1. The third-order valence-electron chi connectivity index (χ3n) is 3.46. The largest absolute Gasteiger partial charge is 0.480 e. The second-order valence-corrected chi connectivity index (χ2v) is 5.26. The fourth-order valence-corrected chi connectivity index (χ4v) is 3.75. The summed E-state index contributed by atoms with van der Waals surface area (Å²) in [6.45, 7) is 0. The van der Waals surface area contributed by atoms with Crippen LogP contribution in [0.5, 0.6) is 0 Å². The molecule has 1 saturated heterocycles. The molecule has 3 nitrogen and oxygen atoms in total. The van der Waals surface area contributed by atoms with Crippen molar-refractivity contribution in [2.45, 2.75) is 25.3 Å². The molecule has 0 bridgehead atoms. The van der Waals surface area contributed by atoms with Gasteiger partial charge in [0, 0.05) is 0 Å². The smallest absolute Gasteiger partial charge is 0.321 e. The first-order chi connectivity index (χ1) is 6.17. The monoisotopic (exact) mass is 201 g/mol. The molecule has 3 N–H and O–H groups in total. The van der Waals surface area contributed by atoms with Gasteiger partial charge in [0.2, 0.25) is 0 Å². The van der Waals surface area contributed by atoms with Gasteiger partial charge >= 0.3 is 5.97 Å². The highest BCUT2D eigenvalue weighted by atomic mass is 32.2. The van der Waals surface area contributed by atoms with E-state index in [0.717, 1.165) is 25.0 Å². The standard InChI is InChI=1S/C9H15NO2S/c10-7(8(11)12)9(2-3-9)6-1-4-13-5-6/h6-7H,1-5,10H2,(H,11,12). The lowest BCUT2D eigenvalue weighted by atomic mass is 9.82. The van der Waals surface area contributed by atoms with Gasteiger partial charge in [0.1, 0.15) is 6.04 Å². The molecule has 0 radical (unpaired) electrons. The zero-order chi connectivity index (χ0) is 9.47. The first-order valence-corrected chi connectivity index (χ1v) is 5.88. The van der Waals surface area contributed by atoms with Crippen molar-refractivity contribution in [1.82, 2.24) is 0 Å². The molecule has 1 aliphatic carbocycles. The summed E-state index contributed by atoms with van der Waals surface area (Å²) >= 11 is 1.93. The SMILES string of the molecule is NC(C(=O)O)C1(C2CCSC2)CC1. The number of hydrogen-bond acceptors (Lipinski definition) is 3. The Labute approximate surface area is 82.1 Å². The summed E-state index contributed by atoms with van der Waals surface area (Å²) in [6.07, 6.45) is 3.20. The Balaban J connectivity index is 2.06.